The highest BCUT2D eigenvalue weighted by atomic mass is 35.5. The number of anilines is 2. The second-order valence-electron chi connectivity index (χ2n) is 7.00. The number of fused-ring (bicyclic) bond motifs is 2. The molecule has 4 heterocycles. The lowest BCUT2D eigenvalue weighted by molar-refractivity contribution is 0.0987. The fourth-order valence-corrected chi connectivity index (χ4v) is 3.76. The first kappa shape index (κ1) is 18.0. The number of benzene rings is 1. The third-order valence-corrected chi connectivity index (χ3v) is 5.22. The molecule has 1 atom stereocenters. The van der Waals surface area contributed by atoms with E-state index in [4.69, 9.17) is 27.1 Å². The zero-order valence-electron chi connectivity index (χ0n) is 15.7. The van der Waals surface area contributed by atoms with Gasteiger partial charge in [-0.05, 0) is 42.8 Å². The summed E-state index contributed by atoms with van der Waals surface area (Å²) in [6.07, 6.45) is 1.71. The zero-order chi connectivity index (χ0) is 20.0. The van der Waals surface area contributed by atoms with E-state index in [1.807, 2.05) is 30.3 Å². The molecular weight excluding hydrogens is 390 g/mol. The number of hydrogen-bond acceptors (Lipinski definition) is 8. The van der Waals surface area contributed by atoms with Crippen LogP contribution in [0.2, 0.25) is 5.28 Å². The second kappa shape index (κ2) is 7.06. The van der Waals surface area contributed by atoms with Gasteiger partial charge in [-0.1, -0.05) is 6.07 Å². The quantitative estimate of drug-likeness (QED) is 0.505. The van der Waals surface area contributed by atoms with Gasteiger partial charge in [-0.25, -0.2) is 15.0 Å². The molecule has 146 valence electrons. The normalized spacial score (nSPS) is 17.2. The van der Waals surface area contributed by atoms with Gasteiger partial charge in [0, 0.05) is 23.7 Å². The highest BCUT2D eigenvalue weighted by Crippen LogP contribution is 2.30. The summed E-state index contributed by atoms with van der Waals surface area (Å²) < 4.78 is 5.54. The number of rotatable bonds is 2. The molecule has 1 aromatic carbocycles. The molecule has 9 heteroatoms. The first-order valence-electron chi connectivity index (χ1n) is 9.30. The van der Waals surface area contributed by atoms with Gasteiger partial charge in [0.25, 0.3) is 0 Å². The predicted octanol–water partition coefficient (Wildman–Crippen LogP) is 3.10. The summed E-state index contributed by atoms with van der Waals surface area (Å²) in [4.78, 5) is 24.1. The number of ether oxygens (including phenoxy) is 1. The van der Waals surface area contributed by atoms with E-state index in [0.717, 1.165) is 39.9 Å². The topological polar surface area (TPSA) is 103 Å². The number of aromatic nitrogens is 5. The molecule has 0 bridgehead atoms. The summed E-state index contributed by atoms with van der Waals surface area (Å²) in [6, 6.07) is 10.0. The third-order valence-electron chi connectivity index (χ3n) is 5.05. The van der Waals surface area contributed by atoms with Crippen molar-refractivity contribution in [2.75, 3.05) is 30.4 Å². The van der Waals surface area contributed by atoms with Crippen molar-refractivity contribution in [1.29, 1.82) is 0 Å². The molecule has 0 aliphatic carbocycles. The molecule has 8 nitrogen and oxygen atoms in total. The van der Waals surface area contributed by atoms with Crippen molar-refractivity contribution in [2.45, 2.75) is 13.0 Å². The van der Waals surface area contributed by atoms with Crippen molar-refractivity contribution < 1.29 is 4.74 Å². The van der Waals surface area contributed by atoms with Gasteiger partial charge in [0.05, 0.1) is 35.9 Å². The van der Waals surface area contributed by atoms with Crippen LogP contribution in [0, 0.1) is 0 Å². The molecule has 1 saturated heterocycles. The molecular formula is C20H18ClN7O. The monoisotopic (exact) mass is 407 g/mol. The molecule has 1 fully saturated rings. The van der Waals surface area contributed by atoms with Crippen LogP contribution in [-0.2, 0) is 4.74 Å². The minimum Gasteiger partial charge on any atom is -0.377 e. The predicted molar refractivity (Wildman–Crippen MR) is 113 cm³/mol. The van der Waals surface area contributed by atoms with Gasteiger partial charge in [-0.15, -0.1) is 0 Å². The lowest BCUT2D eigenvalue weighted by Crippen LogP contribution is -2.44. The van der Waals surface area contributed by atoms with E-state index in [-0.39, 0.29) is 17.3 Å². The Kier molecular flexibility index (Phi) is 4.37. The second-order valence-corrected chi connectivity index (χ2v) is 7.34. The Labute approximate surface area is 171 Å². The van der Waals surface area contributed by atoms with Crippen molar-refractivity contribution in [3.05, 3.63) is 41.8 Å². The molecule has 1 aliphatic rings. The van der Waals surface area contributed by atoms with E-state index >= 15 is 0 Å². The zero-order valence-corrected chi connectivity index (χ0v) is 16.5. The molecule has 29 heavy (non-hydrogen) atoms. The Bertz CT molecular complexity index is 1230. The summed E-state index contributed by atoms with van der Waals surface area (Å²) in [7, 11) is 0. The number of halogens is 1. The minimum absolute atomic E-state index is 0.179. The van der Waals surface area contributed by atoms with Crippen molar-refractivity contribution >= 4 is 45.3 Å². The van der Waals surface area contributed by atoms with Gasteiger partial charge in [-0.3, -0.25) is 0 Å². The lowest BCUT2D eigenvalue weighted by Gasteiger charge is -2.34. The van der Waals surface area contributed by atoms with E-state index < -0.39 is 0 Å². The van der Waals surface area contributed by atoms with Gasteiger partial charge < -0.3 is 15.4 Å². The van der Waals surface area contributed by atoms with E-state index in [1.54, 1.807) is 6.20 Å². The van der Waals surface area contributed by atoms with Gasteiger partial charge in [0.15, 0.2) is 5.65 Å². The largest absolute Gasteiger partial charge is 0.377 e. The maximum atomic E-state index is 6.23. The third kappa shape index (κ3) is 3.30. The van der Waals surface area contributed by atoms with Crippen molar-refractivity contribution in [2.24, 2.45) is 0 Å². The van der Waals surface area contributed by atoms with Gasteiger partial charge >= 0.3 is 0 Å². The molecule has 0 amide bonds. The number of hydrogen-bond donors (Lipinski definition) is 1. The maximum Gasteiger partial charge on any atom is 0.226 e. The van der Waals surface area contributed by atoms with E-state index in [1.165, 1.54) is 0 Å². The Morgan fingerprint density at radius 2 is 2.03 bits per heavy atom. The first-order valence-corrected chi connectivity index (χ1v) is 9.67. The van der Waals surface area contributed by atoms with Crippen molar-refractivity contribution in [3.63, 3.8) is 0 Å². The van der Waals surface area contributed by atoms with Gasteiger partial charge in [0.2, 0.25) is 11.2 Å². The molecule has 5 rings (SSSR count). The summed E-state index contributed by atoms with van der Waals surface area (Å²) in [5.41, 5.74) is 8.73. The molecule has 0 spiro atoms. The van der Waals surface area contributed by atoms with E-state index in [9.17, 15) is 0 Å². The van der Waals surface area contributed by atoms with Crippen LogP contribution in [0.25, 0.3) is 33.2 Å². The summed E-state index contributed by atoms with van der Waals surface area (Å²) >= 11 is 6.23. The van der Waals surface area contributed by atoms with Crippen LogP contribution in [0.3, 0.4) is 0 Å². The summed E-state index contributed by atoms with van der Waals surface area (Å²) in [6.45, 7) is 4.16. The number of pyridine rings is 1. The van der Waals surface area contributed by atoms with Gasteiger partial charge in [-0.2, -0.15) is 9.97 Å². The Hall–Kier alpha value is -3.10. The summed E-state index contributed by atoms with van der Waals surface area (Å²) in [5, 5.41) is 1.93. The SMILES string of the molecule is C[C@H]1COCCN1c1nc(Cl)nc2nc(-c3ccc4nc(N)ncc4c3)ccc12. The molecule has 2 N–H and O–H groups in total. The van der Waals surface area contributed by atoms with E-state index in [2.05, 4.69) is 31.8 Å². The molecule has 3 aromatic heterocycles. The Balaban J connectivity index is 1.61. The van der Waals surface area contributed by atoms with Crippen LogP contribution in [0.5, 0.6) is 0 Å². The highest BCUT2D eigenvalue weighted by molar-refractivity contribution is 6.28. The minimum atomic E-state index is 0.179. The lowest BCUT2D eigenvalue weighted by atomic mass is 10.1. The highest BCUT2D eigenvalue weighted by Gasteiger charge is 2.23. The fraction of sp³-hybridized carbons (Fsp3) is 0.250. The fourth-order valence-electron chi connectivity index (χ4n) is 3.60. The molecule has 0 radical (unpaired) electrons. The average molecular weight is 408 g/mol. The van der Waals surface area contributed by atoms with Crippen molar-refractivity contribution in [1.82, 2.24) is 24.9 Å². The van der Waals surface area contributed by atoms with Gasteiger partial charge in [0.1, 0.15) is 5.82 Å². The first-order chi connectivity index (χ1) is 14.1. The molecule has 4 aromatic rings. The standard InChI is InChI=1S/C20H18ClN7O/c1-11-10-29-7-6-28(11)18-14-3-5-15(24-17(14)26-19(21)27-18)12-2-4-16-13(8-12)9-23-20(22)25-16/h2-5,8-9,11H,6-7,10H2,1H3,(H2,22,23,25)/t11-/m0/s1. The molecule has 0 saturated carbocycles. The van der Waals surface area contributed by atoms with E-state index in [0.29, 0.717) is 18.9 Å². The van der Waals surface area contributed by atoms with Crippen LogP contribution in [0.4, 0.5) is 11.8 Å². The van der Waals surface area contributed by atoms with Crippen LogP contribution in [0.1, 0.15) is 6.92 Å². The van der Waals surface area contributed by atoms with Crippen LogP contribution in [0.15, 0.2) is 36.5 Å². The molecule has 0 unspecified atom stereocenters. The number of nitrogen functional groups attached to an aromatic ring is 1. The number of nitrogens with two attached hydrogens (primary N) is 1. The Morgan fingerprint density at radius 1 is 1.14 bits per heavy atom. The van der Waals surface area contributed by atoms with Crippen LogP contribution < -0.4 is 10.6 Å². The smallest absolute Gasteiger partial charge is 0.226 e. The maximum absolute atomic E-state index is 6.23. The average Bonchev–Trinajstić information content (AvgIpc) is 2.72. The molecule has 1 aliphatic heterocycles. The number of nitrogens with zero attached hydrogens (tertiary/aromatic N) is 6. The van der Waals surface area contributed by atoms with Crippen LogP contribution in [-0.4, -0.2) is 50.7 Å². The number of morpholine rings is 1. The Morgan fingerprint density at radius 3 is 2.90 bits per heavy atom. The van der Waals surface area contributed by atoms with Crippen molar-refractivity contribution in [3.8, 4) is 11.3 Å². The van der Waals surface area contributed by atoms with Crippen LogP contribution >= 0.6 is 11.6 Å². The summed E-state index contributed by atoms with van der Waals surface area (Å²) in [5.74, 6) is 1.04.